The molecule has 2 fully saturated rings. The van der Waals surface area contributed by atoms with Gasteiger partial charge < -0.3 is 19.1 Å². The lowest BCUT2D eigenvalue weighted by molar-refractivity contribution is -0.158. The first-order chi connectivity index (χ1) is 31.3. The molecular weight excluding hydrogens is 903 g/mol. The summed E-state index contributed by atoms with van der Waals surface area (Å²) in [6.07, 6.45) is -1.92. The van der Waals surface area contributed by atoms with E-state index < -0.39 is 68.8 Å². The van der Waals surface area contributed by atoms with Crippen molar-refractivity contribution in [3.63, 3.8) is 0 Å². The van der Waals surface area contributed by atoms with Crippen LogP contribution in [-0.4, -0.2) is 94.5 Å². The van der Waals surface area contributed by atoms with Crippen molar-refractivity contribution < 1.29 is 58.2 Å². The van der Waals surface area contributed by atoms with Gasteiger partial charge >= 0.3 is 11.9 Å². The van der Waals surface area contributed by atoms with Crippen LogP contribution in [0, 0.1) is 25.5 Å². The average Bonchev–Trinajstić information content (AvgIpc) is 3.27. The Morgan fingerprint density at radius 2 is 0.970 bits per heavy atom. The summed E-state index contributed by atoms with van der Waals surface area (Å²) in [5.74, 6) is -4.99. The van der Waals surface area contributed by atoms with E-state index in [2.05, 4.69) is 4.90 Å². The molecule has 0 N–H and O–H groups in total. The monoisotopic (exact) mass is 947 g/mol. The molecule has 6 aromatic carbocycles. The summed E-state index contributed by atoms with van der Waals surface area (Å²) < 4.78 is 130. The highest BCUT2D eigenvalue weighted by atomic mass is 32.2. The number of carbonyl (C=O) groups is 2. The Labute approximate surface area is 379 Å². The Hall–Kier alpha value is -5.92. The Morgan fingerprint density at radius 1 is 0.576 bits per heavy atom. The molecule has 66 heavy (non-hydrogen) atoms. The maximum atomic E-state index is 14.6. The third-order valence-corrected chi connectivity index (χ3v) is 15.8. The smallest absolute Gasteiger partial charge is 0.317 e. The number of ether oxygens (including phenoxy) is 3. The predicted octanol–water partition coefficient (Wildman–Crippen LogP) is 8.68. The fraction of sp³-hybridized carbons (Fsp3) is 0.292. The zero-order chi connectivity index (χ0) is 47.1. The van der Waals surface area contributed by atoms with Crippen molar-refractivity contribution in [2.24, 2.45) is 0 Å². The minimum atomic E-state index is -4.06. The highest BCUT2D eigenvalue weighted by Gasteiger charge is 2.38. The summed E-state index contributed by atoms with van der Waals surface area (Å²) in [7, 11) is -5.88. The Morgan fingerprint density at radius 3 is 1.38 bits per heavy atom. The minimum Gasteiger partial charge on any atom is -0.456 e. The molecule has 0 amide bonds. The zero-order valence-electron chi connectivity index (χ0n) is 36.2. The number of alkyl halides is 2. The van der Waals surface area contributed by atoms with Crippen LogP contribution in [0.15, 0.2) is 107 Å². The Bertz CT molecular complexity index is 3080. The van der Waals surface area contributed by atoms with Crippen LogP contribution in [0.3, 0.4) is 0 Å². The van der Waals surface area contributed by atoms with Gasteiger partial charge in [0.2, 0.25) is 20.0 Å². The standard InChI is InChI=1S/C48H45F4N3O9S2/c1-30-34(24-32-4-6-36(49)28-42(32)46(30)62-38-8-12-40(13-9-38)65(58,59)54-18-16-48(51,52)17-19-54)26-44(56)64-45(57)27-35-25-33-5-7-37(50)29-43(33)47(31(35)2)63-39-10-14-41(15-11-39)66(60,61)55-22-20-53(3)21-23-55/h4-15,24-25,28-29H,16-23,26-27H2,1-3H3. The molecule has 2 aliphatic heterocycles. The van der Waals surface area contributed by atoms with Crippen molar-refractivity contribution in [3.05, 3.63) is 131 Å². The third-order valence-electron chi connectivity index (χ3n) is 12.0. The van der Waals surface area contributed by atoms with Crippen LogP contribution in [0.2, 0.25) is 0 Å². The van der Waals surface area contributed by atoms with Crippen LogP contribution in [0.4, 0.5) is 17.6 Å². The molecule has 0 saturated carbocycles. The number of fused-ring (bicyclic) bond motifs is 2. The van der Waals surface area contributed by atoms with Crippen LogP contribution in [0.5, 0.6) is 23.0 Å². The van der Waals surface area contributed by atoms with E-state index in [1.165, 1.54) is 89.2 Å². The fourth-order valence-electron chi connectivity index (χ4n) is 8.11. The van der Waals surface area contributed by atoms with E-state index in [0.717, 1.165) is 4.31 Å². The second kappa shape index (κ2) is 18.4. The predicted molar refractivity (Wildman–Crippen MR) is 238 cm³/mol. The van der Waals surface area contributed by atoms with E-state index in [-0.39, 0.29) is 52.3 Å². The topological polar surface area (TPSA) is 140 Å². The van der Waals surface area contributed by atoms with Crippen molar-refractivity contribution in [2.75, 3.05) is 46.3 Å². The van der Waals surface area contributed by atoms with Crippen molar-refractivity contribution in [2.45, 2.75) is 55.2 Å². The summed E-state index contributed by atoms with van der Waals surface area (Å²) in [5.41, 5.74) is 1.68. The van der Waals surface area contributed by atoms with Crippen LogP contribution in [0.1, 0.15) is 35.1 Å². The van der Waals surface area contributed by atoms with Crippen molar-refractivity contribution >= 4 is 53.5 Å². The number of benzene rings is 6. The SMILES string of the molecule is Cc1c(CC(=O)OC(=O)Cc2cc3ccc(F)cc3c(Oc3ccc(S(=O)(=O)N4CCC(F)(F)CC4)cc3)c2C)cc2ccc(F)cc2c1Oc1ccc(S(=O)(=O)N2CCN(C)CC2)cc1. The second-order valence-electron chi connectivity index (χ2n) is 16.5. The van der Waals surface area contributed by atoms with Gasteiger partial charge in [0, 0.05) is 62.9 Å². The lowest BCUT2D eigenvalue weighted by atomic mass is 9.97. The normalized spacial score (nSPS) is 16.3. The van der Waals surface area contributed by atoms with Gasteiger partial charge in [-0.05, 0) is 127 Å². The molecule has 346 valence electrons. The Balaban J connectivity index is 0.985. The average molecular weight is 948 g/mol. The van der Waals surface area contributed by atoms with Crippen molar-refractivity contribution in [1.29, 1.82) is 0 Å². The Kier molecular flexibility index (Phi) is 13.0. The number of nitrogens with zero attached hydrogens (tertiary/aromatic N) is 3. The molecule has 0 aliphatic carbocycles. The van der Waals surface area contributed by atoms with E-state index in [1.54, 1.807) is 26.0 Å². The first-order valence-corrected chi connectivity index (χ1v) is 23.9. The van der Waals surface area contributed by atoms with Gasteiger partial charge in [0.05, 0.1) is 22.6 Å². The first kappa shape index (κ1) is 46.6. The molecule has 0 aromatic heterocycles. The number of carbonyl (C=O) groups excluding carboxylic acids is 2. The molecule has 6 aromatic rings. The quantitative estimate of drug-likeness (QED) is 0.0665. The van der Waals surface area contributed by atoms with E-state index >= 15 is 0 Å². The highest BCUT2D eigenvalue weighted by molar-refractivity contribution is 7.89. The molecule has 2 saturated heterocycles. The number of rotatable bonds is 12. The van der Waals surface area contributed by atoms with Gasteiger partial charge in [-0.1, -0.05) is 24.3 Å². The van der Waals surface area contributed by atoms with Gasteiger partial charge in [0.25, 0.3) is 5.92 Å². The molecule has 8 rings (SSSR count). The number of likely N-dealkylation sites (N-methyl/N-ethyl adjacent to an activating group) is 1. The number of hydrogen-bond donors (Lipinski definition) is 0. The molecule has 0 spiro atoms. The number of piperazine rings is 1. The van der Waals surface area contributed by atoms with Crippen LogP contribution in [-0.2, 0) is 47.2 Å². The minimum absolute atomic E-state index is 0.0963. The molecule has 2 heterocycles. The van der Waals surface area contributed by atoms with Crippen molar-refractivity contribution in [3.8, 4) is 23.0 Å². The lowest BCUT2D eigenvalue weighted by Crippen LogP contribution is -2.46. The van der Waals surface area contributed by atoms with Gasteiger partial charge in [-0.2, -0.15) is 8.61 Å². The summed E-state index contributed by atoms with van der Waals surface area (Å²) >= 11 is 0. The summed E-state index contributed by atoms with van der Waals surface area (Å²) in [4.78, 5) is 28.9. The number of piperidine rings is 1. The highest BCUT2D eigenvalue weighted by Crippen LogP contribution is 2.39. The largest absolute Gasteiger partial charge is 0.456 e. The first-order valence-electron chi connectivity index (χ1n) is 21.1. The van der Waals surface area contributed by atoms with E-state index in [1.807, 2.05) is 7.05 Å². The van der Waals surface area contributed by atoms with Crippen LogP contribution in [0.25, 0.3) is 21.5 Å². The van der Waals surface area contributed by atoms with Crippen LogP contribution >= 0.6 is 0 Å². The van der Waals surface area contributed by atoms with Gasteiger partial charge in [-0.15, -0.1) is 0 Å². The van der Waals surface area contributed by atoms with E-state index in [4.69, 9.17) is 14.2 Å². The molecule has 0 atom stereocenters. The fourth-order valence-corrected chi connectivity index (χ4v) is 11.0. The maximum Gasteiger partial charge on any atom is 0.317 e. The van der Waals surface area contributed by atoms with Crippen LogP contribution < -0.4 is 9.47 Å². The van der Waals surface area contributed by atoms with Gasteiger partial charge in [-0.3, -0.25) is 9.59 Å². The molecule has 0 unspecified atom stereocenters. The molecular formula is C48H45F4N3O9S2. The van der Waals surface area contributed by atoms with Gasteiger partial charge in [-0.25, -0.2) is 34.4 Å². The van der Waals surface area contributed by atoms with Gasteiger partial charge in [0.1, 0.15) is 34.6 Å². The third kappa shape index (κ3) is 9.93. The lowest BCUT2D eigenvalue weighted by Gasteiger charge is -2.31. The number of sulfonamides is 2. The van der Waals surface area contributed by atoms with E-state index in [9.17, 15) is 44.0 Å². The second-order valence-corrected chi connectivity index (χ2v) is 20.4. The maximum absolute atomic E-state index is 14.6. The summed E-state index contributed by atoms with van der Waals surface area (Å²) in [5, 5.41) is 1.77. The summed E-state index contributed by atoms with van der Waals surface area (Å²) in [6, 6.07) is 22.6. The molecule has 12 nitrogen and oxygen atoms in total. The van der Waals surface area contributed by atoms with Crippen molar-refractivity contribution in [1.82, 2.24) is 13.5 Å². The van der Waals surface area contributed by atoms with E-state index in [0.29, 0.717) is 70.0 Å². The zero-order valence-corrected chi connectivity index (χ0v) is 37.8. The summed E-state index contributed by atoms with van der Waals surface area (Å²) in [6.45, 7) is 4.62. The molecule has 2 aliphatic rings. The molecule has 18 heteroatoms. The number of hydrogen-bond acceptors (Lipinski definition) is 10. The number of esters is 2. The molecule has 0 bridgehead atoms. The number of halogens is 4. The molecule has 0 radical (unpaired) electrons. The van der Waals surface area contributed by atoms with Gasteiger partial charge in [0.15, 0.2) is 0 Å².